The summed E-state index contributed by atoms with van der Waals surface area (Å²) in [6, 6.07) is 14.2. The molecule has 0 bridgehead atoms. The highest BCUT2D eigenvalue weighted by molar-refractivity contribution is 7.98. The molecule has 0 spiro atoms. The summed E-state index contributed by atoms with van der Waals surface area (Å²) in [5.41, 5.74) is 2.46. The van der Waals surface area contributed by atoms with Gasteiger partial charge in [0, 0.05) is 22.2 Å². The average Bonchev–Trinajstić information content (AvgIpc) is 2.46. The minimum Gasteiger partial charge on any atom is -0.313 e. The van der Waals surface area contributed by atoms with Crippen LogP contribution in [0.1, 0.15) is 18.1 Å². The first kappa shape index (κ1) is 15.7. The largest absolute Gasteiger partial charge is 0.313 e. The molecular formula is C16H17Cl2NS. The van der Waals surface area contributed by atoms with Crippen molar-refractivity contribution in [3.05, 3.63) is 63.6 Å². The van der Waals surface area contributed by atoms with Crippen LogP contribution in [-0.2, 0) is 12.3 Å². The zero-order valence-electron chi connectivity index (χ0n) is 11.3. The van der Waals surface area contributed by atoms with Crippen LogP contribution in [-0.4, -0.2) is 6.54 Å². The molecule has 0 aliphatic carbocycles. The molecule has 20 heavy (non-hydrogen) atoms. The van der Waals surface area contributed by atoms with Crippen molar-refractivity contribution in [2.24, 2.45) is 0 Å². The second kappa shape index (κ2) is 7.94. The number of halogens is 2. The fraction of sp³-hybridized carbons (Fsp3) is 0.250. The lowest BCUT2D eigenvalue weighted by molar-refractivity contribution is 0.726. The van der Waals surface area contributed by atoms with Crippen LogP contribution in [0.3, 0.4) is 0 Å². The summed E-state index contributed by atoms with van der Waals surface area (Å²) in [6.45, 7) is 3.92. The number of nitrogens with one attached hydrogen (secondary N) is 1. The Hall–Kier alpha value is -0.670. The van der Waals surface area contributed by atoms with E-state index in [4.69, 9.17) is 23.2 Å². The van der Waals surface area contributed by atoms with E-state index in [2.05, 4.69) is 24.4 Å². The molecule has 1 nitrogen and oxygen atoms in total. The van der Waals surface area contributed by atoms with Crippen molar-refractivity contribution in [1.82, 2.24) is 5.32 Å². The maximum Gasteiger partial charge on any atom is 0.0545 e. The Kier molecular flexibility index (Phi) is 6.24. The van der Waals surface area contributed by atoms with Gasteiger partial charge in [-0.05, 0) is 41.9 Å². The van der Waals surface area contributed by atoms with Gasteiger partial charge in [0.2, 0.25) is 0 Å². The van der Waals surface area contributed by atoms with Crippen molar-refractivity contribution in [3.8, 4) is 0 Å². The van der Waals surface area contributed by atoms with E-state index in [0.29, 0.717) is 0 Å². The molecule has 2 aromatic rings. The third-order valence-corrected chi connectivity index (χ3v) is 4.70. The number of benzene rings is 2. The van der Waals surface area contributed by atoms with E-state index in [9.17, 15) is 0 Å². The Morgan fingerprint density at radius 1 is 1.00 bits per heavy atom. The van der Waals surface area contributed by atoms with Gasteiger partial charge in [0.05, 0.1) is 5.02 Å². The Morgan fingerprint density at radius 2 is 1.70 bits per heavy atom. The molecule has 4 heteroatoms. The fourth-order valence-electron chi connectivity index (χ4n) is 1.78. The first-order valence-electron chi connectivity index (χ1n) is 6.55. The normalized spacial score (nSPS) is 10.8. The van der Waals surface area contributed by atoms with Crippen LogP contribution in [0.2, 0.25) is 10.0 Å². The second-order valence-electron chi connectivity index (χ2n) is 4.46. The third kappa shape index (κ3) is 4.71. The van der Waals surface area contributed by atoms with Gasteiger partial charge in [-0.15, -0.1) is 11.8 Å². The summed E-state index contributed by atoms with van der Waals surface area (Å²) in [7, 11) is 0. The van der Waals surface area contributed by atoms with E-state index >= 15 is 0 Å². The van der Waals surface area contributed by atoms with Gasteiger partial charge < -0.3 is 5.32 Å². The van der Waals surface area contributed by atoms with Crippen LogP contribution in [0.5, 0.6) is 0 Å². The summed E-state index contributed by atoms with van der Waals surface area (Å²) in [5.74, 6) is 0.892. The number of rotatable bonds is 6. The smallest absolute Gasteiger partial charge is 0.0545 e. The molecule has 106 valence electrons. The van der Waals surface area contributed by atoms with Crippen LogP contribution in [0.15, 0.2) is 47.4 Å². The lowest BCUT2D eigenvalue weighted by Gasteiger charge is -2.08. The Bertz CT molecular complexity index is 555. The monoisotopic (exact) mass is 325 g/mol. The SMILES string of the molecule is CCNCc1ccc(SCc2ccc(Cl)cc2)c(Cl)c1. The van der Waals surface area contributed by atoms with Crippen LogP contribution in [0.25, 0.3) is 0 Å². The maximum absolute atomic E-state index is 6.33. The zero-order chi connectivity index (χ0) is 14.4. The molecule has 0 aliphatic rings. The molecule has 0 aliphatic heterocycles. The minimum absolute atomic E-state index is 0.768. The van der Waals surface area contributed by atoms with E-state index in [1.165, 1.54) is 11.1 Å². The highest BCUT2D eigenvalue weighted by Gasteiger charge is 2.03. The van der Waals surface area contributed by atoms with E-state index in [-0.39, 0.29) is 0 Å². The summed E-state index contributed by atoms with van der Waals surface area (Å²) < 4.78 is 0. The van der Waals surface area contributed by atoms with E-state index < -0.39 is 0 Å². The zero-order valence-corrected chi connectivity index (χ0v) is 13.7. The standard InChI is InChI=1S/C16H17Cl2NS/c1-2-19-10-13-5-8-16(15(18)9-13)20-11-12-3-6-14(17)7-4-12/h3-9,19H,2,10-11H2,1H3. The Morgan fingerprint density at radius 3 is 2.35 bits per heavy atom. The molecular weight excluding hydrogens is 309 g/mol. The highest BCUT2D eigenvalue weighted by atomic mass is 35.5. The van der Waals surface area contributed by atoms with E-state index in [1.807, 2.05) is 30.3 Å². The van der Waals surface area contributed by atoms with Crippen molar-refractivity contribution >= 4 is 35.0 Å². The van der Waals surface area contributed by atoms with Crippen molar-refractivity contribution in [3.63, 3.8) is 0 Å². The Balaban J connectivity index is 1.97. The molecule has 0 saturated heterocycles. The van der Waals surface area contributed by atoms with Gasteiger partial charge in [0.25, 0.3) is 0 Å². The van der Waals surface area contributed by atoms with Gasteiger partial charge in [0.15, 0.2) is 0 Å². The molecule has 0 saturated carbocycles. The number of hydrogen-bond acceptors (Lipinski definition) is 2. The molecule has 2 rings (SSSR count). The van der Waals surface area contributed by atoms with Gasteiger partial charge in [-0.25, -0.2) is 0 Å². The summed E-state index contributed by atoms with van der Waals surface area (Å²) >= 11 is 14.0. The van der Waals surface area contributed by atoms with Crippen LogP contribution >= 0.6 is 35.0 Å². The Labute approximate surface area is 134 Å². The average molecular weight is 326 g/mol. The molecule has 2 aromatic carbocycles. The molecule has 0 unspecified atom stereocenters. The quantitative estimate of drug-likeness (QED) is 0.714. The van der Waals surface area contributed by atoms with Gasteiger partial charge >= 0.3 is 0 Å². The van der Waals surface area contributed by atoms with Crippen LogP contribution in [0.4, 0.5) is 0 Å². The lowest BCUT2D eigenvalue weighted by atomic mass is 10.2. The summed E-state index contributed by atoms with van der Waals surface area (Å²) in [4.78, 5) is 1.11. The number of hydrogen-bond donors (Lipinski definition) is 1. The van der Waals surface area contributed by atoms with Crippen LogP contribution in [0, 0.1) is 0 Å². The van der Waals surface area contributed by atoms with Gasteiger partial charge in [-0.3, -0.25) is 0 Å². The van der Waals surface area contributed by atoms with Crippen LogP contribution < -0.4 is 5.32 Å². The van der Waals surface area contributed by atoms with Crippen molar-refractivity contribution in [2.75, 3.05) is 6.54 Å². The maximum atomic E-state index is 6.33. The predicted octanol–water partition coefficient (Wildman–Crippen LogP) is 5.40. The first-order chi connectivity index (χ1) is 9.69. The molecule has 0 heterocycles. The molecule has 0 aromatic heterocycles. The van der Waals surface area contributed by atoms with E-state index in [0.717, 1.165) is 33.8 Å². The lowest BCUT2D eigenvalue weighted by Crippen LogP contribution is -2.11. The summed E-state index contributed by atoms with van der Waals surface area (Å²) in [5, 5.41) is 4.88. The van der Waals surface area contributed by atoms with E-state index in [1.54, 1.807) is 11.8 Å². The van der Waals surface area contributed by atoms with Gasteiger partial charge in [-0.2, -0.15) is 0 Å². The second-order valence-corrected chi connectivity index (χ2v) is 6.32. The van der Waals surface area contributed by atoms with Crippen molar-refractivity contribution in [2.45, 2.75) is 24.1 Å². The third-order valence-electron chi connectivity index (χ3n) is 2.88. The van der Waals surface area contributed by atoms with Gasteiger partial charge in [-0.1, -0.05) is 48.3 Å². The van der Waals surface area contributed by atoms with Gasteiger partial charge in [0.1, 0.15) is 0 Å². The summed E-state index contributed by atoms with van der Waals surface area (Å²) in [6.07, 6.45) is 0. The predicted molar refractivity (Wildman–Crippen MR) is 89.8 cm³/mol. The molecule has 0 atom stereocenters. The topological polar surface area (TPSA) is 12.0 Å². The molecule has 0 amide bonds. The van der Waals surface area contributed by atoms with Crippen molar-refractivity contribution < 1.29 is 0 Å². The first-order valence-corrected chi connectivity index (χ1v) is 8.29. The van der Waals surface area contributed by atoms with Crippen molar-refractivity contribution in [1.29, 1.82) is 0 Å². The fourth-order valence-corrected chi connectivity index (χ4v) is 3.15. The minimum atomic E-state index is 0.768. The molecule has 1 N–H and O–H groups in total. The molecule has 0 radical (unpaired) electrons. The highest BCUT2D eigenvalue weighted by Crippen LogP contribution is 2.30. The molecule has 0 fully saturated rings. The number of thioether (sulfide) groups is 1.